The number of hydrogen-bond donors (Lipinski definition) is 1. The Morgan fingerprint density at radius 1 is 1.44 bits per heavy atom. The van der Waals surface area contributed by atoms with Crippen LogP contribution in [0, 0.1) is 12.7 Å². The number of anilines is 2. The molecule has 18 heavy (non-hydrogen) atoms. The van der Waals surface area contributed by atoms with Crippen LogP contribution in [0.3, 0.4) is 0 Å². The molecule has 0 atom stereocenters. The molecule has 94 valence electrons. The van der Waals surface area contributed by atoms with E-state index in [2.05, 4.69) is 15.0 Å². The first-order valence-electron chi connectivity index (χ1n) is 5.17. The highest BCUT2D eigenvalue weighted by atomic mass is 32.1. The summed E-state index contributed by atoms with van der Waals surface area (Å²) in [6.45, 7) is 1.80. The quantitative estimate of drug-likeness (QED) is 0.867. The Labute approximate surface area is 107 Å². The Balaban J connectivity index is 2.18. The lowest BCUT2D eigenvalue weighted by Gasteiger charge is -2.03. The van der Waals surface area contributed by atoms with Crippen molar-refractivity contribution in [3.8, 4) is 0 Å². The average Bonchev–Trinajstić information content (AvgIpc) is 2.75. The summed E-state index contributed by atoms with van der Waals surface area (Å²) in [6, 6.07) is 4.60. The molecule has 1 aromatic heterocycles. The fraction of sp³-hybridized carbons (Fsp3) is 0.167. The van der Waals surface area contributed by atoms with Crippen LogP contribution in [-0.2, 0) is 4.74 Å². The van der Waals surface area contributed by atoms with Crippen LogP contribution in [0.2, 0.25) is 0 Å². The Kier molecular flexibility index (Phi) is 3.57. The molecule has 0 bridgehead atoms. The summed E-state index contributed by atoms with van der Waals surface area (Å²) in [4.78, 5) is 15.7. The predicted octanol–water partition coefficient (Wildman–Crippen LogP) is 3.12. The van der Waals surface area contributed by atoms with E-state index in [-0.39, 0.29) is 5.82 Å². The van der Waals surface area contributed by atoms with Crippen molar-refractivity contribution in [2.75, 3.05) is 12.4 Å². The highest BCUT2D eigenvalue weighted by Gasteiger charge is 2.10. The number of methoxy groups -OCH3 is 1. The number of benzene rings is 1. The summed E-state index contributed by atoms with van der Waals surface area (Å²) in [7, 11) is 1.31. The Bertz CT molecular complexity index is 563. The van der Waals surface area contributed by atoms with Crippen LogP contribution in [0.1, 0.15) is 15.2 Å². The SMILES string of the molecule is COC(=O)c1cnc(Nc2cc(C)cc(F)c2)s1. The minimum atomic E-state index is -0.434. The van der Waals surface area contributed by atoms with Gasteiger partial charge < -0.3 is 10.1 Å². The molecule has 0 aliphatic heterocycles. The minimum absolute atomic E-state index is 0.317. The Morgan fingerprint density at radius 2 is 2.22 bits per heavy atom. The summed E-state index contributed by atoms with van der Waals surface area (Å²) < 4.78 is 17.8. The molecule has 6 heteroatoms. The van der Waals surface area contributed by atoms with Gasteiger partial charge in [-0.05, 0) is 30.7 Å². The van der Waals surface area contributed by atoms with E-state index >= 15 is 0 Å². The molecule has 0 saturated heterocycles. The summed E-state index contributed by atoms with van der Waals surface area (Å²) in [5, 5.41) is 3.46. The number of aryl methyl sites for hydroxylation is 1. The van der Waals surface area contributed by atoms with Crippen LogP contribution in [0.5, 0.6) is 0 Å². The van der Waals surface area contributed by atoms with Gasteiger partial charge in [0, 0.05) is 5.69 Å². The van der Waals surface area contributed by atoms with Crippen LogP contribution in [0.25, 0.3) is 0 Å². The lowest BCUT2D eigenvalue weighted by Crippen LogP contribution is -1.96. The molecular weight excluding hydrogens is 255 g/mol. The monoisotopic (exact) mass is 266 g/mol. The fourth-order valence-electron chi connectivity index (χ4n) is 1.46. The van der Waals surface area contributed by atoms with Crippen molar-refractivity contribution < 1.29 is 13.9 Å². The molecule has 0 aliphatic rings. The summed E-state index contributed by atoms with van der Waals surface area (Å²) >= 11 is 1.15. The highest BCUT2D eigenvalue weighted by molar-refractivity contribution is 7.17. The van der Waals surface area contributed by atoms with Gasteiger partial charge in [-0.3, -0.25) is 0 Å². The van der Waals surface area contributed by atoms with Crippen LogP contribution >= 0.6 is 11.3 Å². The molecule has 0 spiro atoms. The first-order chi connectivity index (χ1) is 8.58. The second-order valence-corrected chi connectivity index (χ2v) is 4.69. The van der Waals surface area contributed by atoms with Gasteiger partial charge in [0.05, 0.1) is 13.3 Å². The molecule has 2 rings (SSSR count). The number of esters is 1. The third-order valence-electron chi connectivity index (χ3n) is 2.19. The molecule has 0 saturated carbocycles. The van der Waals surface area contributed by atoms with Crippen molar-refractivity contribution in [3.63, 3.8) is 0 Å². The number of carbonyl (C=O) groups is 1. The lowest BCUT2D eigenvalue weighted by atomic mass is 10.2. The number of hydrogen-bond acceptors (Lipinski definition) is 5. The number of rotatable bonds is 3. The Hall–Kier alpha value is -1.95. The van der Waals surface area contributed by atoms with Gasteiger partial charge in [0.15, 0.2) is 5.13 Å². The van der Waals surface area contributed by atoms with Gasteiger partial charge in [-0.25, -0.2) is 14.2 Å². The van der Waals surface area contributed by atoms with Crippen molar-refractivity contribution in [1.29, 1.82) is 0 Å². The molecule has 1 heterocycles. The van der Waals surface area contributed by atoms with E-state index in [0.717, 1.165) is 16.9 Å². The van der Waals surface area contributed by atoms with E-state index in [9.17, 15) is 9.18 Å². The first-order valence-corrected chi connectivity index (χ1v) is 5.98. The maximum atomic E-state index is 13.2. The van der Waals surface area contributed by atoms with E-state index < -0.39 is 5.97 Å². The fourth-order valence-corrected chi connectivity index (χ4v) is 2.21. The molecule has 0 radical (unpaired) electrons. The number of halogens is 1. The topological polar surface area (TPSA) is 51.2 Å². The molecule has 0 fully saturated rings. The van der Waals surface area contributed by atoms with Gasteiger partial charge in [-0.2, -0.15) is 0 Å². The molecule has 0 amide bonds. The molecular formula is C12H11FN2O2S. The van der Waals surface area contributed by atoms with E-state index in [1.165, 1.54) is 25.4 Å². The molecule has 0 unspecified atom stereocenters. The van der Waals surface area contributed by atoms with E-state index in [1.54, 1.807) is 13.0 Å². The normalized spacial score (nSPS) is 10.2. The standard InChI is InChI=1S/C12H11FN2O2S/c1-7-3-8(13)5-9(4-7)15-12-14-6-10(18-12)11(16)17-2/h3-6H,1-2H3,(H,14,15). The molecule has 4 nitrogen and oxygen atoms in total. The van der Waals surface area contributed by atoms with Crippen LogP contribution in [-0.4, -0.2) is 18.1 Å². The van der Waals surface area contributed by atoms with Gasteiger partial charge in [-0.15, -0.1) is 0 Å². The predicted molar refractivity (Wildman–Crippen MR) is 67.9 cm³/mol. The van der Waals surface area contributed by atoms with Crippen LogP contribution in [0.15, 0.2) is 24.4 Å². The van der Waals surface area contributed by atoms with Crippen LogP contribution in [0.4, 0.5) is 15.2 Å². The zero-order valence-electron chi connectivity index (χ0n) is 9.86. The average molecular weight is 266 g/mol. The second kappa shape index (κ2) is 5.14. The third-order valence-corrected chi connectivity index (χ3v) is 3.08. The van der Waals surface area contributed by atoms with Crippen molar-refractivity contribution in [1.82, 2.24) is 4.98 Å². The number of carbonyl (C=O) groups excluding carboxylic acids is 1. The van der Waals surface area contributed by atoms with E-state index in [0.29, 0.717) is 15.7 Å². The number of nitrogens with one attached hydrogen (secondary N) is 1. The maximum Gasteiger partial charge on any atom is 0.349 e. The van der Waals surface area contributed by atoms with Crippen molar-refractivity contribution in [2.24, 2.45) is 0 Å². The summed E-state index contributed by atoms with van der Waals surface area (Å²) in [6.07, 6.45) is 1.42. The minimum Gasteiger partial charge on any atom is -0.465 e. The largest absolute Gasteiger partial charge is 0.465 e. The van der Waals surface area contributed by atoms with Gasteiger partial charge in [-0.1, -0.05) is 11.3 Å². The molecule has 1 N–H and O–H groups in total. The van der Waals surface area contributed by atoms with Gasteiger partial charge in [0.1, 0.15) is 10.7 Å². The number of nitrogens with zero attached hydrogens (tertiary/aromatic N) is 1. The second-order valence-electron chi connectivity index (χ2n) is 3.66. The summed E-state index contributed by atoms with van der Waals surface area (Å²) in [5.74, 6) is -0.752. The zero-order chi connectivity index (χ0) is 13.1. The van der Waals surface area contributed by atoms with E-state index in [1.807, 2.05) is 0 Å². The lowest BCUT2D eigenvalue weighted by molar-refractivity contribution is 0.0606. The summed E-state index contributed by atoms with van der Waals surface area (Å²) in [5.41, 5.74) is 1.40. The Morgan fingerprint density at radius 3 is 2.89 bits per heavy atom. The van der Waals surface area contributed by atoms with Gasteiger partial charge >= 0.3 is 5.97 Å². The number of aromatic nitrogens is 1. The number of ether oxygens (including phenoxy) is 1. The zero-order valence-corrected chi connectivity index (χ0v) is 10.7. The van der Waals surface area contributed by atoms with Crippen molar-refractivity contribution in [3.05, 3.63) is 40.7 Å². The number of thiazole rings is 1. The van der Waals surface area contributed by atoms with Gasteiger partial charge in [0.2, 0.25) is 0 Å². The smallest absolute Gasteiger partial charge is 0.349 e. The molecule has 1 aromatic carbocycles. The highest BCUT2D eigenvalue weighted by Crippen LogP contribution is 2.24. The maximum absolute atomic E-state index is 13.2. The third kappa shape index (κ3) is 2.84. The first kappa shape index (κ1) is 12.5. The molecule has 0 aliphatic carbocycles. The van der Waals surface area contributed by atoms with E-state index in [4.69, 9.17) is 0 Å². The van der Waals surface area contributed by atoms with Gasteiger partial charge in [0.25, 0.3) is 0 Å². The molecule has 2 aromatic rings. The van der Waals surface area contributed by atoms with Crippen molar-refractivity contribution >= 4 is 28.1 Å². The van der Waals surface area contributed by atoms with Crippen LogP contribution < -0.4 is 5.32 Å². The van der Waals surface area contributed by atoms with Crippen molar-refractivity contribution in [2.45, 2.75) is 6.92 Å².